The fourth-order valence-corrected chi connectivity index (χ4v) is 13.9. The van der Waals surface area contributed by atoms with Crippen LogP contribution in [0.3, 0.4) is 0 Å². The second-order valence-electron chi connectivity index (χ2n) is 9.96. The Morgan fingerprint density at radius 1 is 0.724 bits per heavy atom. The summed E-state index contributed by atoms with van der Waals surface area (Å²) < 4.78 is 5.86. The zero-order valence-corrected chi connectivity index (χ0v) is 21.5. The van der Waals surface area contributed by atoms with Gasteiger partial charge in [-0.1, -0.05) is 39.0 Å². The second-order valence-corrected chi connectivity index (χ2v) is 14.5. The number of halogens is 1. The predicted molar refractivity (Wildman–Crippen MR) is 123 cm³/mol. The number of unbranched alkanes of at least 4 members (excludes halogenated alkanes) is 2. The Bertz CT molecular complexity index is 406. The molecule has 0 aromatic rings. The zero-order valence-electron chi connectivity index (χ0n) is 19.0. The summed E-state index contributed by atoms with van der Waals surface area (Å²) in [5.74, 6) is 0.186. The summed E-state index contributed by atoms with van der Waals surface area (Å²) in [6, 6.07) is 0. The van der Waals surface area contributed by atoms with Gasteiger partial charge in [-0.05, 0) is 83.5 Å². The first-order valence-corrected chi connectivity index (χ1v) is 15.0. The monoisotopic (exact) mass is 488 g/mol. The van der Waals surface area contributed by atoms with Crippen LogP contribution in [0.4, 0.5) is 0 Å². The summed E-state index contributed by atoms with van der Waals surface area (Å²) in [7, 11) is -1.31. The Labute approximate surface area is 191 Å². The molecule has 0 N–H and O–H groups in total. The Morgan fingerprint density at radius 2 is 1.14 bits per heavy atom. The van der Waals surface area contributed by atoms with E-state index in [1.807, 2.05) is 0 Å². The molecule has 0 spiro atoms. The van der Waals surface area contributed by atoms with Gasteiger partial charge in [-0.3, -0.25) is 0 Å². The minimum absolute atomic E-state index is 0. The predicted octanol–water partition coefficient (Wildman–Crippen LogP) is 4.74. The van der Waals surface area contributed by atoms with Crippen LogP contribution in [0.1, 0.15) is 122 Å². The van der Waals surface area contributed by atoms with E-state index in [9.17, 15) is 4.79 Å². The van der Waals surface area contributed by atoms with Crippen molar-refractivity contribution in [2.75, 3.05) is 12.8 Å². The Balaban J connectivity index is 0.00000300. The first-order chi connectivity index (χ1) is 13.8. The lowest BCUT2D eigenvalue weighted by Gasteiger charge is -2.48. The molecule has 170 valence electrons. The van der Waals surface area contributed by atoms with E-state index >= 15 is 0 Å². The minimum Gasteiger partial charge on any atom is -1.00 e. The van der Waals surface area contributed by atoms with Gasteiger partial charge in [-0.25, -0.2) is 4.79 Å². The van der Waals surface area contributed by atoms with Crippen LogP contribution in [0.5, 0.6) is 0 Å². The molecule has 3 aliphatic carbocycles. The van der Waals surface area contributed by atoms with E-state index < -0.39 is 7.26 Å². The summed E-state index contributed by atoms with van der Waals surface area (Å²) in [6.07, 6.45) is 25.5. The highest BCUT2D eigenvalue weighted by molar-refractivity contribution is 7.78. The van der Waals surface area contributed by atoms with Crippen molar-refractivity contribution in [2.24, 2.45) is 0 Å². The first-order valence-electron chi connectivity index (χ1n) is 12.8. The number of rotatable bonds is 9. The van der Waals surface area contributed by atoms with Crippen LogP contribution in [-0.4, -0.2) is 35.7 Å². The van der Waals surface area contributed by atoms with Gasteiger partial charge < -0.3 is 21.7 Å². The molecule has 0 aromatic heterocycles. The van der Waals surface area contributed by atoms with Gasteiger partial charge in [-0.2, -0.15) is 0 Å². The van der Waals surface area contributed by atoms with Crippen LogP contribution in [0.25, 0.3) is 0 Å². The number of hydrogen-bond acceptors (Lipinski definition) is 2. The van der Waals surface area contributed by atoms with Gasteiger partial charge in [0.1, 0.15) is 0 Å². The van der Waals surface area contributed by atoms with Crippen molar-refractivity contribution >= 4 is 13.2 Å². The van der Waals surface area contributed by atoms with Crippen molar-refractivity contribution in [1.82, 2.24) is 0 Å². The number of hydrogen-bond donors (Lipinski definition) is 0. The van der Waals surface area contributed by atoms with E-state index in [1.165, 1.54) is 109 Å². The molecule has 0 unspecified atom stereocenters. The third kappa shape index (κ3) is 6.93. The molecular weight excluding hydrogens is 443 g/mol. The normalized spacial score (nSPS) is 22.8. The van der Waals surface area contributed by atoms with Crippen molar-refractivity contribution < 1.29 is 26.5 Å². The van der Waals surface area contributed by atoms with Crippen LogP contribution in [-0.2, 0) is 9.53 Å². The molecule has 0 radical (unpaired) electrons. The number of carbonyl (C=O) groups is 1. The van der Waals surface area contributed by atoms with E-state index in [1.54, 1.807) is 0 Å². The van der Waals surface area contributed by atoms with E-state index in [0.717, 1.165) is 29.6 Å². The Kier molecular flexibility index (Phi) is 12.1. The molecule has 3 fully saturated rings. The second kappa shape index (κ2) is 13.7. The van der Waals surface area contributed by atoms with Crippen molar-refractivity contribution in [1.29, 1.82) is 0 Å². The molecular formula is C25H46BrO2P. The van der Waals surface area contributed by atoms with E-state index in [2.05, 4.69) is 6.92 Å². The molecule has 0 aromatic carbocycles. The molecule has 0 bridgehead atoms. The summed E-state index contributed by atoms with van der Waals surface area (Å²) in [6.45, 7) is 2.88. The average Bonchev–Trinajstić information content (AvgIpc) is 2.77. The van der Waals surface area contributed by atoms with E-state index in [0.29, 0.717) is 6.61 Å². The largest absolute Gasteiger partial charge is 1.00 e. The lowest BCUT2D eigenvalue weighted by molar-refractivity contribution is -0.140. The topological polar surface area (TPSA) is 26.3 Å². The highest BCUT2D eigenvalue weighted by Crippen LogP contribution is 2.77. The maximum absolute atomic E-state index is 13.2. The van der Waals surface area contributed by atoms with Crippen LogP contribution in [0, 0.1) is 0 Å². The smallest absolute Gasteiger partial charge is 0.343 e. The first kappa shape index (κ1) is 25.6. The zero-order chi connectivity index (χ0) is 19.7. The van der Waals surface area contributed by atoms with Gasteiger partial charge in [0.2, 0.25) is 0 Å². The fraction of sp³-hybridized carbons (Fsp3) is 0.960. The lowest BCUT2D eigenvalue weighted by atomic mass is 9.99. The molecule has 29 heavy (non-hydrogen) atoms. The molecule has 2 nitrogen and oxygen atoms in total. The maximum atomic E-state index is 13.2. The van der Waals surface area contributed by atoms with Gasteiger partial charge in [0.25, 0.3) is 0 Å². The molecule has 0 saturated heterocycles. The maximum Gasteiger partial charge on any atom is 0.343 e. The van der Waals surface area contributed by atoms with Gasteiger partial charge in [0, 0.05) is 7.26 Å². The Morgan fingerprint density at radius 3 is 1.52 bits per heavy atom. The molecule has 3 rings (SSSR count). The molecule has 0 amide bonds. The highest BCUT2D eigenvalue weighted by atomic mass is 79.9. The van der Waals surface area contributed by atoms with E-state index in [4.69, 9.17) is 4.74 Å². The fourth-order valence-electron chi connectivity index (χ4n) is 6.77. The summed E-state index contributed by atoms with van der Waals surface area (Å²) in [4.78, 5) is 13.2. The molecule has 3 saturated carbocycles. The van der Waals surface area contributed by atoms with Crippen molar-refractivity contribution in [3.63, 3.8) is 0 Å². The quantitative estimate of drug-likeness (QED) is 0.266. The third-order valence-corrected chi connectivity index (χ3v) is 14.6. The van der Waals surface area contributed by atoms with Crippen LogP contribution >= 0.6 is 7.26 Å². The number of carbonyl (C=O) groups excluding carboxylic acids is 1. The van der Waals surface area contributed by atoms with Crippen LogP contribution < -0.4 is 17.0 Å². The number of esters is 1. The molecule has 0 aliphatic heterocycles. The lowest BCUT2D eigenvalue weighted by Crippen LogP contribution is -3.00. The Hall–Kier alpha value is 0.380. The highest BCUT2D eigenvalue weighted by Gasteiger charge is 2.58. The summed E-state index contributed by atoms with van der Waals surface area (Å²) in [5, 5.41) is 0. The third-order valence-electron chi connectivity index (χ3n) is 8.18. The van der Waals surface area contributed by atoms with Gasteiger partial charge in [-0.15, -0.1) is 0 Å². The van der Waals surface area contributed by atoms with Crippen molar-refractivity contribution in [3.05, 3.63) is 0 Å². The van der Waals surface area contributed by atoms with E-state index in [-0.39, 0.29) is 23.0 Å². The molecule has 0 heterocycles. The SMILES string of the molecule is CCCCCOC(=O)C[P+](C1CCCCC1)(C1CCCCC1)C1CCCCC1.[Br-]. The minimum atomic E-state index is -1.31. The van der Waals surface area contributed by atoms with Gasteiger partial charge in [0.15, 0.2) is 6.16 Å². The van der Waals surface area contributed by atoms with Crippen molar-refractivity contribution in [2.45, 2.75) is 139 Å². The van der Waals surface area contributed by atoms with Gasteiger partial charge >= 0.3 is 5.97 Å². The number of ether oxygens (including phenoxy) is 1. The average molecular weight is 490 g/mol. The summed E-state index contributed by atoms with van der Waals surface area (Å²) >= 11 is 0. The van der Waals surface area contributed by atoms with Crippen molar-refractivity contribution in [3.8, 4) is 0 Å². The molecule has 3 aliphatic rings. The van der Waals surface area contributed by atoms with Gasteiger partial charge in [0.05, 0.1) is 23.6 Å². The summed E-state index contributed by atoms with van der Waals surface area (Å²) in [5.41, 5.74) is 2.65. The van der Waals surface area contributed by atoms with Crippen LogP contribution in [0.15, 0.2) is 0 Å². The van der Waals surface area contributed by atoms with Crippen LogP contribution in [0.2, 0.25) is 0 Å². The molecule has 0 atom stereocenters. The standard InChI is InChI=1S/C25H46O2P.BrH/c1-2-3-13-20-27-25(26)21-28(22-14-7-4-8-15-22,23-16-9-5-10-17-23)24-18-11-6-12-19-24;/h22-24H,2-21H2,1H3;1H/q+1;/p-1. The molecule has 4 heteroatoms.